The minimum Gasteiger partial charge on any atom is -0.455 e. The molecule has 0 radical (unpaired) electrons. The fourth-order valence-corrected chi connectivity index (χ4v) is 3.12. The van der Waals surface area contributed by atoms with Crippen LogP contribution in [0.1, 0.15) is 22.8 Å². The molecular weight excluding hydrogens is 324 g/mol. The van der Waals surface area contributed by atoms with Crippen LogP contribution in [0, 0.1) is 6.92 Å². The Balaban J connectivity index is 2.01. The highest BCUT2D eigenvalue weighted by Crippen LogP contribution is 2.32. The van der Waals surface area contributed by atoms with Gasteiger partial charge in [0.2, 0.25) is 0 Å². The number of aryl methyl sites for hydroxylation is 1. The zero-order valence-corrected chi connectivity index (χ0v) is 14.3. The first-order valence-corrected chi connectivity index (χ1v) is 8.51. The predicted molar refractivity (Wildman–Crippen MR) is 103 cm³/mol. The lowest BCUT2D eigenvalue weighted by Gasteiger charge is -2.16. The molecule has 26 heavy (non-hydrogen) atoms. The Morgan fingerprint density at radius 3 is 2.23 bits per heavy atom. The molecule has 0 aliphatic carbocycles. The molecule has 0 fully saturated rings. The molecule has 1 heterocycles. The van der Waals surface area contributed by atoms with Gasteiger partial charge in [-0.25, -0.2) is 0 Å². The van der Waals surface area contributed by atoms with Crippen LogP contribution < -0.4 is 5.43 Å². The number of fused-ring (bicyclic) bond motifs is 1. The van der Waals surface area contributed by atoms with Crippen molar-refractivity contribution in [3.05, 3.63) is 106 Å². The van der Waals surface area contributed by atoms with Crippen LogP contribution in [0.3, 0.4) is 0 Å². The van der Waals surface area contributed by atoms with Gasteiger partial charge in [0.1, 0.15) is 17.4 Å². The highest BCUT2D eigenvalue weighted by molar-refractivity contribution is 5.80. The lowest BCUT2D eigenvalue weighted by Crippen LogP contribution is -2.16. The second-order valence-electron chi connectivity index (χ2n) is 6.35. The molecule has 4 aromatic rings. The van der Waals surface area contributed by atoms with Crippen LogP contribution in [-0.2, 0) is 0 Å². The molecule has 3 nitrogen and oxygen atoms in total. The van der Waals surface area contributed by atoms with Crippen LogP contribution in [0.2, 0.25) is 0 Å². The Hall–Kier alpha value is -3.17. The number of hydrogen-bond donors (Lipinski definition) is 1. The maximum absolute atomic E-state index is 13.2. The molecule has 0 saturated heterocycles. The van der Waals surface area contributed by atoms with E-state index < -0.39 is 6.10 Å². The van der Waals surface area contributed by atoms with E-state index in [1.165, 1.54) is 0 Å². The highest BCUT2D eigenvalue weighted by atomic mass is 16.3. The fraction of sp³-hybridized carbons (Fsp3) is 0.0870. The van der Waals surface area contributed by atoms with Gasteiger partial charge in [-0.2, -0.15) is 0 Å². The summed E-state index contributed by atoms with van der Waals surface area (Å²) in [4.78, 5) is 13.2. The van der Waals surface area contributed by atoms with Crippen LogP contribution in [0.25, 0.3) is 22.3 Å². The molecule has 4 rings (SSSR count). The van der Waals surface area contributed by atoms with Crippen molar-refractivity contribution in [2.45, 2.75) is 13.0 Å². The quantitative estimate of drug-likeness (QED) is 0.579. The summed E-state index contributed by atoms with van der Waals surface area (Å²) in [5, 5.41) is 11.5. The number of rotatable bonds is 3. The third-order valence-electron chi connectivity index (χ3n) is 4.54. The molecule has 1 unspecified atom stereocenters. The van der Waals surface area contributed by atoms with Crippen molar-refractivity contribution in [1.29, 1.82) is 0 Å². The van der Waals surface area contributed by atoms with Gasteiger partial charge in [-0.3, -0.25) is 4.79 Å². The summed E-state index contributed by atoms with van der Waals surface area (Å²) in [6.45, 7) is 1.98. The van der Waals surface area contributed by atoms with E-state index in [0.29, 0.717) is 22.3 Å². The molecule has 1 atom stereocenters. The van der Waals surface area contributed by atoms with Gasteiger partial charge in [0.15, 0.2) is 5.43 Å². The van der Waals surface area contributed by atoms with Gasteiger partial charge >= 0.3 is 0 Å². The van der Waals surface area contributed by atoms with E-state index in [2.05, 4.69) is 0 Å². The van der Waals surface area contributed by atoms with E-state index in [1.807, 2.05) is 67.6 Å². The molecule has 3 aromatic carbocycles. The van der Waals surface area contributed by atoms with E-state index in [4.69, 9.17) is 4.42 Å². The minimum atomic E-state index is -1.06. The second-order valence-corrected chi connectivity index (χ2v) is 6.35. The molecule has 1 aromatic heterocycles. The lowest BCUT2D eigenvalue weighted by molar-refractivity contribution is 0.217. The number of para-hydroxylation sites is 1. The molecule has 0 amide bonds. The van der Waals surface area contributed by atoms with Crippen molar-refractivity contribution in [2.75, 3.05) is 0 Å². The van der Waals surface area contributed by atoms with Gasteiger partial charge in [-0.15, -0.1) is 0 Å². The summed E-state index contributed by atoms with van der Waals surface area (Å²) >= 11 is 0. The predicted octanol–water partition coefficient (Wildman–Crippen LogP) is 4.85. The van der Waals surface area contributed by atoms with Crippen LogP contribution in [-0.4, -0.2) is 5.11 Å². The maximum atomic E-state index is 13.2. The second kappa shape index (κ2) is 6.62. The SMILES string of the molecule is Cc1ccc(C(O)c2c(-c3ccccc3)oc3ccccc3c2=O)cc1. The first-order chi connectivity index (χ1) is 12.6. The smallest absolute Gasteiger partial charge is 0.199 e. The highest BCUT2D eigenvalue weighted by Gasteiger charge is 2.23. The van der Waals surface area contributed by atoms with Crippen LogP contribution in [0.5, 0.6) is 0 Å². The fourth-order valence-electron chi connectivity index (χ4n) is 3.12. The Labute approximate surface area is 151 Å². The van der Waals surface area contributed by atoms with Crippen molar-refractivity contribution in [3.63, 3.8) is 0 Å². The van der Waals surface area contributed by atoms with Crippen LogP contribution in [0.15, 0.2) is 88.1 Å². The average molecular weight is 342 g/mol. The largest absolute Gasteiger partial charge is 0.455 e. The number of aliphatic hydroxyl groups excluding tert-OH is 1. The molecule has 0 aliphatic heterocycles. The first kappa shape index (κ1) is 16.3. The Bertz CT molecular complexity index is 1110. The van der Waals surface area contributed by atoms with Gasteiger partial charge in [-0.05, 0) is 24.6 Å². The maximum Gasteiger partial charge on any atom is 0.199 e. The van der Waals surface area contributed by atoms with Gasteiger partial charge in [-0.1, -0.05) is 72.3 Å². The molecule has 0 saturated carbocycles. The summed E-state index contributed by atoms with van der Waals surface area (Å²) in [6, 6.07) is 24.0. The summed E-state index contributed by atoms with van der Waals surface area (Å²) in [5.74, 6) is 0.405. The zero-order valence-electron chi connectivity index (χ0n) is 14.3. The molecular formula is C23H18O3. The number of aliphatic hydroxyl groups is 1. The summed E-state index contributed by atoms with van der Waals surface area (Å²) in [5.41, 5.74) is 3.08. The summed E-state index contributed by atoms with van der Waals surface area (Å²) < 4.78 is 6.07. The molecule has 3 heteroatoms. The average Bonchev–Trinajstić information content (AvgIpc) is 2.69. The van der Waals surface area contributed by atoms with Crippen molar-refractivity contribution >= 4 is 11.0 Å². The third kappa shape index (κ3) is 2.83. The van der Waals surface area contributed by atoms with E-state index in [1.54, 1.807) is 18.2 Å². The number of hydrogen-bond acceptors (Lipinski definition) is 3. The first-order valence-electron chi connectivity index (χ1n) is 8.51. The van der Waals surface area contributed by atoms with E-state index >= 15 is 0 Å². The Morgan fingerprint density at radius 1 is 0.846 bits per heavy atom. The summed E-state index contributed by atoms with van der Waals surface area (Å²) in [7, 11) is 0. The lowest BCUT2D eigenvalue weighted by atomic mass is 9.95. The van der Waals surface area contributed by atoms with Crippen molar-refractivity contribution < 1.29 is 9.52 Å². The monoisotopic (exact) mass is 342 g/mol. The van der Waals surface area contributed by atoms with Crippen LogP contribution >= 0.6 is 0 Å². The normalized spacial score (nSPS) is 12.2. The van der Waals surface area contributed by atoms with Crippen molar-refractivity contribution in [2.24, 2.45) is 0 Å². The van der Waals surface area contributed by atoms with Crippen molar-refractivity contribution in [3.8, 4) is 11.3 Å². The third-order valence-corrected chi connectivity index (χ3v) is 4.54. The van der Waals surface area contributed by atoms with E-state index in [9.17, 15) is 9.90 Å². The molecule has 0 aliphatic rings. The number of benzene rings is 3. The Morgan fingerprint density at radius 2 is 1.50 bits per heavy atom. The van der Waals surface area contributed by atoms with Crippen LogP contribution in [0.4, 0.5) is 0 Å². The van der Waals surface area contributed by atoms with Gasteiger partial charge in [0.25, 0.3) is 0 Å². The van der Waals surface area contributed by atoms with Gasteiger partial charge < -0.3 is 9.52 Å². The molecule has 128 valence electrons. The van der Waals surface area contributed by atoms with E-state index in [-0.39, 0.29) is 11.0 Å². The molecule has 0 spiro atoms. The minimum absolute atomic E-state index is 0.209. The topological polar surface area (TPSA) is 50.4 Å². The zero-order chi connectivity index (χ0) is 18.1. The van der Waals surface area contributed by atoms with Gasteiger partial charge in [0.05, 0.1) is 10.9 Å². The van der Waals surface area contributed by atoms with Gasteiger partial charge in [0, 0.05) is 5.56 Å². The van der Waals surface area contributed by atoms with E-state index in [0.717, 1.165) is 11.1 Å². The Kier molecular flexibility index (Phi) is 4.15. The molecule has 1 N–H and O–H groups in total. The van der Waals surface area contributed by atoms with Crippen molar-refractivity contribution in [1.82, 2.24) is 0 Å². The summed E-state index contributed by atoms with van der Waals surface area (Å²) in [6.07, 6.45) is -1.06. The molecule has 0 bridgehead atoms. The standard InChI is InChI=1S/C23H18O3/c1-15-11-13-16(14-12-15)21(24)20-22(25)18-9-5-6-10-19(18)26-23(20)17-7-3-2-4-8-17/h2-14,21,24H,1H3.